The molecule has 0 spiro atoms. The normalized spacial score (nSPS) is 10.6. The van der Waals surface area contributed by atoms with Gasteiger partial charge in [0.1, 0.15) is 18.1 Å². The molecule has 0 saturated carbocycles. The van der Waals surface area contributed by atoms with Gasteiger partial charge in [0.15, 0.2) is 11.5 Å². The fraction of sp³-hybridized carbons (Fsp3) is 0.0909. The highest BCUT2D eigenvalue weighted by Crippen LogP contribution is 2.32. The Kier molecular flexibility index (Phi) is 6.59. The van der Waals surface area contributed by atoms with Crippen LogP contribution in [0.3, 0.4) is 0 Å². The van der Waals surface area contributed by atoms with Crippen LogP contribution >= 0.6 is 0 Å². The van der Waals surface area contributed by atoms with Crippen LogP contribution in [-0.4, -0.2) is 23.0 Å². The third-order valence-corrected chi connectivity index (χ3v) is 3.76. The SMILES string of the molecule is CO/C(C)=C/C(=O)Oc1ccccc1Oc1cc(Oc2ccccc2C#N)ncn1. The van der Waals surface area contributed by atoms with Crippen molar-refractivity contribution in [1.29, 1.82) is 5.26 Å². The van der Waals surface area contributed by atoms with Crippen molar-refractivity contribution in [2.45, 2.75) is 6.92 Å². The quantitative estimate of drug-likeness (QED) is 0.248. The molecule has 2 aromatic carbocycles. The van der Waals surface area contributed by atoms with E-state index in [4.69, 9.17) is 18.9 Å². The summed E-state index contributed by atoms with van der Waals surface area (Å²) in [5.74, 6) is 1.01. The Morgan fingerprint density at radius 2 is 1.57 bits per heavy atom. The van der Waals surface area contributed by atoms with Gasteiger partial charge in [-0.05, 0) is 31.2 Å². The Labute approximate surface area is 172 Å². The van der Waals surface area contributed by atoms with Crippen molar-refractivity contribution in [3.63, 3.8) is 0 Å². The molecule has 3 aromatic rings. The summed E-state index contributed by atoms with van der Waals surface area (Å²) in [5.41, 5.74) is 0.371. The van der Waals surface area contributed by atoms with Gasteiger partial charge in [-0.2, -0.15) is 5.26 Å². The molecule has 0 bridgehead atoms. The largest absolute Gasteiger partial charge is 0.501 e. The van der Waals surface area contributed by atoms with Gasteiger partial charge >= 0.3 is 5.97 Å². The third kappa shape index (κ3) is 5.33. The van der Waals surface area contributed by atoms with E-state index in [9.17, 15) is 10.1 Å². The zero-order valence-electron chi connectivity index (χ0n) is 16.2. The first-order valence-electron chi connectivity index (χ1n) is 8.79. The van der Waals surface area contributed by atoms with Crippen LogP contribution in [0.15, 0.2) is 72.8 Å². The van der Waals surface area contributed by atoms with E-state index in [0.29, 0.717) is 17.1 Å². The monoisotopic (exact) mass is 403 g/mol. The Bertz CT molecular complexity index is 1120. The van der Waals surface area contributed by atoms with Crippen molar-refractivity contribution in [2.24, 2.45) is 0 Å². The van der Waals surface area contributed by atoms with Gasteiger partial charge in [-0.25, -0.2) is 14.8 Å². The number of ether oxygens (including phenoxy) is 4. The van der Waals surface area contributed by atoms with Crippen molar-refractivity contribution < 1.29 is 23.7 Å². The van der Waals surface area contributed by atoms with Crippen LogP contribution in [0.4, 0.5) is 0 Å². The molecular weight excluding hydrogens is 386 g/mol. The van der Waals surface area contributed by atoms with Crippen molar-refractivity contribution >= 4 is 5.97 Å². The maximum Gasteiger partial charge on any atom is 0.339 e. The number of nitrogens with zero attached hydrogens (tertiary/aromatic N) is 3. The van der Waals surface area contributed by atoms with E-state index < -0.39 is 5.97 Å². The molecule has 0 fully saturated rings. The smallest absolute Gasteiger partial charge is 0.339 e. The summed E-state index contributed by atoms with van der Waals surface area (Å²) in [6, 6.07) is 16.9. The molecular formula is C22H17N3O5. The van der Waals surface area contributed by atoms with Crippen LogP contribution in [0.5, 0.6) is 29.0 Å². The second-order valence-corrected chi connectivity index (χ2v) is 5.83. The lowest BCUT2D eigenvalue weighted by Gasteiger charge is -2.11. The summed E-state index contributed by atoms with van der Waals surface area (Å²) < 4.78 is 21.7. The van der Waals surface area contributed by atoms with Gasteiger partial charge in [0, 0.05) is 0 Å². The third-order valence-electron chi connectivity index (χ3n) is 3.76. The number of esters is 1. The number of benzene rings is 2. The van der Waals surface area contributed by atoms with Crippen LogP contribution in [0.2, 0.25) is 0 Å². The van der Waals surface area contributed by atoms with Gasteiger partial charge in [-0.3, -0.25) is 0 Å². The van der Waals surface area contributed by atoms with Crippen LogP contribution < -0.4 is 14.2 Å². The number of methoxy groups -OCH3 is 1. The predicted molar refractivity (Wildman–Crippen MR) is 106 cm³/mol. The lowest BCUT2D eigenvalue weighted by Crippen LogP contribution is -2.06. The number of aromatic nitrogens is 2. The Balaban J connectivity index is 1.79. The summed E-state index contributed by atoms with van der Waals surface area (Å²) in [5, 5.41) is 9.18. The Morgan fingerprint density at radius 3 is 2.23 bits per heavy atom. The van der Waals surface area contributed by atoms with Gasteiger partial charge in [0.05, 0.1) is 30.6 Å². The van der Waals surface area contributed by atoms with E-state index in [1.165, 1.54) is 25.6 Å². The van der Waals surface area contributed by atoms with Crippen LogP contribution in [0.25, 0.3) is 0 Å². The van der Waals surface area contributed by atoms with Gasteiger partial charge in [-0.1, -0.05) is 24.3 Å². The average Bonchev–Trinajstić information content (AvgIpc) is 2.75. The topological polar surface area (TPSA) is 104 Å². The summed E-state index contributed by atoms with van der Waals surface area (Å²) in [6.07, 6.45) is 2.49. The van der Waals surface area contributed by atoms with Crippen molar-refractivity contribution in [1.82, 2.24) is 9.97 Å². The predicted octanol–water partition coefficient (Wildman–Crippen LogP) is 4.39. The first kappa shape index (κ1) is 20.4. The number of nitriles is 1. The molecule has 0 saturated heterocycles. The molecule has 30 heavy (non-hydrogen) atoms. The first-order valence-corrected chi connectivity index (χ1v) is 8.79. The fourth-order valence-corrected chi connectivity index (χ4v) is 2.29. The van der Waals surface area contributed by atoms with Crippen molar-refractivity contribution in [3.05, 3.63) is 78.3 Å². The molecule has 150 valence electrons. The van der Waals surface area contributed by atoms with Gasteiger partial charge in [0.25, 0.3) is 0 Å². The standard InChI is InChI=1S/C22H17N3O5/c1-15(27-2)11-22(26)30-19-10-6-5-9-18(19)29-21-12-20(24-14-25-21)28-17-8-4-3-7-16(17)13-23/h3-12,14H,1-2H3/b15-11+. The highest BCUT2D eigenvalue weighted by Gasteiger charge is 2.12. The molecule has 1 heterocycles. The second kappa shape index (κ2) is 9.71. The second-order valence-electron chi connectivity index (χ2n) is 5.83. The molecule has 8 nitrogen and oxygen atoms in total. The molecule has 0 aliphatic carbocycles. The molecule has 0 aliphatic rings. The fourth-order valence-electron chi connectivity index (χ4n) is 2.29. The van der Waals surface area contributed by atoms with Crippen molar-refractivity contribution in [2.75, 3.05) is 7.11 Å². The van der Waals surface area contributed by atoms with Crippen LogP contribution in [-0.2, 0) is 9.53 Å². The Hall–Kier alpha value is -4.38. The number of hydrogen-bond donors (Lipinski definition) is 0. The van der Waals surface area contributed by atoms with Gasteiger partial charge < -0.3 is 18.9 Å². The van der Waals surface area contributed by atoms with E-state index >= 15 is 0 Å². The van der Waals surface area contributed by atoms with Crippen molar-refractivity contribution in [3.8, 4) is 35.1 Å². The number of rotatable bonds is 7. The lowest BCUT2D eigenvalue weighted by molar-refractivity contribution is -0.129. The molecule has 0 unspecified atom stereocenters. The van der Waals surface area contributed by atoms with E-state index in [1.807, 2.05) is 0 Å². The minimum Gasteiger partial charge on any atom is -0.501 e. The maximum atomic E-state index is 12.0. The molecule has 8 heteroatoms. The van der Waals surface area contributed by atoms with Gasteiger partial charge in [0.2, 0.25) is 11.8 Å². The van der Waals surface area contributed by atoms with Crippen LogP contribution in [0.1, 0.15) is 12.5 Å². The zero-order chi connectivity index (χ0) is 21.3. The summed E-state index contributed by atoms with van der Waals surface area (Å²) in [6.45, 7) is 1.64. The molecule has 3 rings (SSSR count). The molecule has 0 N–H and O–H groups in total. The minimum absolute atomic E-state index is 0.168. The molecule has 0 aliphatic heterocycles. The number of allylic oxidation sites excluding steroid dienone is 1. The average molecular weight is 403 g/mol. The molecule has 0 radical (unpaired) electrons. The number of carbonyl (C=O) groups is 1. The molecule has 1 aromatic heterocycles. The highest BCUT2D eigenvalue weighted by atomic mass is 16.6. The summed E-state index contributed by atoms with van der Waals surface area (Å²) >= 11 is 0. The number of hydrogen-bond acceptors (Lipinski definition) is 8. The molecule has 0 amide bonds. The van der Waals surface area contributed by atoms with E-state index in [2.05, 4.69) is 16.0 Å². The minimum atomic E-state index is -0.606. The number of carbonyl (C=O) groups excluding carboxylic acids is 1. The lowest BCUT2D eigenvalue weighted by atomic mass is 10.2. The zero-order valence-corrected chi connectivity index (χ0v) is 16.2. The Morgan fingerprint density at radius 1 is 0.967 bits per heavy atom. The highest BCUT2D eigenvalue weighted by molar-refractivity contribution is 5.84. The maximum absolute atomic E-state index is 12.0. The van der Waals surface area contributed by atoms with E-state index in [0.717, 1.165) is 0 Å². The summed E-state index contributed by atoms with van der Waals surface area (Å²) in [7, 11) is 1.46. The van der Waals surface area contributed by atoms with Crippen LogP contribution in [0, 0.1) is 11.3 Å². The first-order chi connectivity index (χ1) is 14.6. The summed E-state index contributed by atoms with van der Waals surface area (Å²) in [4.78, 5) is 20.1. The van der Waals surface area contributed by atoms with E-state index in [1.54, 1.807) is 55.5 Å². The number of para-hydroxylation sites is 3. The molecule has 0 atom stereocenters. The van der Waals surface area contributed by atoms with E-state index in [-0.39, 0.29) is 23.3 Å². The van der Waals surface area contributed by atoms with Gasteiger partial charge in [-0.15, -0.1) is 0 Å².